The summed E-state index contributed by atoms with van der Waals surface area (Å²) in [5.41, 5.74) is 11.5. The summed E-state index contributed by atoms with van der Waals surface area (Å²) in [4.78, 5) is 0. The van der Waals surface area contributed by atoms with E-state index in [2.05, 4.69) is 6.58 Å². The molecule has 0 saturated carbocycles. The normalized spacial score (nSPS) is 12.8. The monoisotopic (exact) mass is 137 g/mol. The Hall–Kier alpha value is -1.51. The van der Waals surface area contributed by atoms with Crippen LogP contribution >= 0.6 is 0 Å². The highest BCUT2D eigenvalue weighted by Crippen LogP contribution is 1.96. The minimum Gasteiger partial charge on any atom is -0.405 e. The molecule has 10 heavy (non-hydrogen) atoms. The van der Waals surface area contributed by atoms with Crippen LogP contribution in [0.5, 0.6) is 0 Å². The molecule has 0 atom stereocenters. The molecule has 0 spiro atoms. The second-order valence-electron chi connectivity index (χ2n) is 1.62. The molecule has 0 aliphatic carbocycles. The highest BCUT2D eigenvalue weighted by atomic mass is 14.6. The van der Waals surface area contributed by atoms with Crippen LogP contribution in [0.2, 0.25) is 0 Å². The molecule has 0 radical (unpaired) electrons. The van der Waals surface area contributed by atoms with Gasteiger partial charge >= 0.3 is 0 Å². The summed E-state index contributed by atoms with van der Waals surface area (Å²) in [7, 11) is 0. The first-order chi connectivity index (χ1) is 4.76. The molecule has 3 nitrogen and oxygen atoms in total. The van der Waals surface area contributed by atoms with Crippen molar-refractivity contribution in [1.82, 2.24) is 0 Å². The van der Waals surface area contributed by atoms with Crippen LogP contribution in [0, 0.1) is 5.41 Å². The third-order valence-electron chi connectivity index (χ3n) is 0.985. The van der Waals surface area contributed by atoms with E-state index in [4.69, 9.17) is 16.9 Å². The topological polar surface area (TPSA) is 75.9 Å². The van der Waals surface area contributed by atoms with E-state index in [9.17, 15) is 0 Å². The number of nitrogens with one attached hydrogen (secondary N) is 1. The highest BCUT2D eigenvalue weighted by molar-refractivity contribution is 5.81. The zero-order valence-electron chi connectivity index (χ0n) is 5.67. The molecular formula is C7H11N3. The Labute approximate surface area is 60.2 Å². The summed E-state index contributed by atoms with van der Waals surface area (Å²) >= 11 is 0. The highest BCUT2D eigenvalue weighted by Gasteiger charge is 1.89. The minimum absolute atomic E-state index is 0.455. The van der Waals surface area contributed by atoms with Crippen molar-refractivity contribution in [2.75, 3.05) is 0 Å². The molecule has 0 fully saturated rings. The first kappa shape index (κ1) is 8.49. The van der Waals surface area contributed by atoms with E-state index in [0.29, 0.717) is 11.3 Å². The standard InChI is InChI=1S/C7H11N3/c1-2-7(10)6(5-9)3-4-8/h2-5,9H,1,8,10H2/b4-3+,7-6-,9-5?. The molecule has 0 aliphatic heterocycles. The van der Waals surface area contributed by atoms with Gasteiger partial charge in [-0.2, -0.15) is 0 Å². The fourth-order valence-electron chi connectivity index (χ4n) is 0.449. The molecule has 0 rings (SSSR count). The maximum Gasteiger partial charge on any atom is 0.0397 e. The molecular weight excluding hydrogens is 126 g/mol. The van der Waals surface area contributed by atoms with E-state index in [1.165, 1.54) is 12.3 Å². The van der Waals surface area contributed by atoms with Gasteiger partial charge < -0.3 is 16.9 Å². The largest absolute Gasteiger partial charge is 0.405 e. The molecule has 0 bridgehead atoms. The maximum atomic E-state index is 6.88. The lowest BCUT2D eigenvalue weighted by Crippen LogP contribution is -1.98. The van der Waals surface area contributed by atoms with Crippen LogP contribution in [0.1, 0.15) is 0 Å². The second-order valence-corrected chi connectivity index (χ2v) is 1.62. The van der Waals surface area contributed by atoms with Crippen LogP contribution < -0.4 is 11.5 Å². The van der Waals surface area contributed by atoms with Gasteiger partial charge in [-0.05, 0) is 18.4 Å². The van der Waals surface area contributed by atoms with Crippen molar-refractivity contribution in [3.63, 3.8) is 0 Å². The zero-order chi connectivity index (χ0) is 7.98. The Kier molecular flexibility index (Phi) is 3.72. The van der Waals surface area contributed by atoms with Gasteiger partial charge in [0.1, 0.15) is 0 Å². The van der Waals surface area contributed by atoms with Crippen LogP contribution in [0.4, 0.5) is 0 Å². The molecule has 0 aliphatic rings. The number of nitrogens with two attached hydrogens (primary N) is 2. The van der Waals surface area contributed by atoms with E-state index >= 15 is 0 Å². The van der Waals surface area contributed by atoms with Crippen molar-refractivity contribution in [3.05, 3.63) is 36.2 Å². The summed E-state index contributed by atoms with van der Waals surface area (Å²) in [5, 5.41) is 6.88. The Balaban J connectivity index is 4.61. The second kappa shape index (κ2) is 4.38. The molecule has 0 aromatic rings. The van der Waals surface area contributed by atoms with Crippen molar-refractivity contribution >= 4 is 6.21 Å². The molecule has 0 saturated heterocycles. The number of rotatable bonds is 3. The maximum absolute atomic E-state index is 6.88. The van der Waals surface area contributed by atoms with Gasteiger partial charge in [-0.15, -0.1) is 0 Å². The molecule has 5 N–H and O–H groups in total. The summed E-state index contributed by atoms with van der Waals surface area (Å²) in [6.07, 6.45) is 5.47. The number of hydrogen-bond acceptors (Lipinski definition) is 3. The van der Waals surface area contributed by atoms with E-state index < -0.39 is 0 Å². The Morgan fingerprint density at radius 1 is 1.50 bits per heavy atom. The Bertz CT molecular complexity index is 189. The quantitative estimate of drug-likeness (QED) is 0.391. The van der Waals surface area contributed by atoms with Crippen LogP contribution in [-0.4, -0.2) is 6.21 Å². The average Bonchev–Trinajstić information content (AvgIpc) is 1.99. The van der Waals surface area contributed by atoms with E-state index in [1.54, 1.807) is 6.08 Å². The first-order valence-corrected chi connectivity index (χ1v) is 2.77. The SMILES string of the molecule is C=C/C(N)=C(C=N)\C=C\N. The van der Waals surface area contributed by atoms with Gasteiger partial charge in [-0.25, -0.2) is 0 Å². The van der Waals surface area contributed by atoms with Crippen molar-refractivity contribution < 1.29 is 0 Å². The lowest BCUT2D eigenvalue weighted by Gasteiger charge is -1.94. The smallest absolute Gasteiger partial charge is 0.0397 e. The van der Waals surface area contributed by atoms with Gasteiger partial charge in [0.25, 0.3) is 0 Å². The van der Waals surface area contributed by atoms with Crippen molar-refractivity contribution in [2.45, 2.75) is 0 Å². The van der Waals surface area contributed by atoms with Gasteiger partial charge in [0.2, 0.25) is 0 Å². The molecule has 0 unspecified atom stereocenters. The van der Waals surface area contributed by atoms with E-state index in [0.717, 1.165) is 6.21 Å². The van der Waals surface area contributed by atoms with Crippen LogP contribution in [0.25, 0.3) is 0 Å². The van der Waals surface area contributed by atoms with Gasteiger partial charge in [0.15, 0.2) is 0 Å². The van der Waals surface area contributed by atoms with Gasteiger partial charge in [-0.3, -0.25) is 0 Å². The fraction of sp³-hybridized carbons (Fsp3) is 0. The third kappa shape index (κ3) is 2.17. The third-order valence-corrected chi connectivity index (χ3v) is 0.985. The van der Waals surface area contributed by atoms with Gasteiger partial charge in [0.05, 0.1) is 0 Å². The van der Waals surface area contributed by atoms with E-state index in [-0.39, 0.29) is 0 Å². The number of allylic oxidation sites excluding steroid dienone is 3. The summed E-state index contributed by atoms with van der Waals surface area (Å²) < 4.78 is 0. The first-order valence-electron chi connectivity index (χ1n) is 2.77. The summed E-state index contributed by atoms with van der Waals surface area (Å²) in [6.45, 7) is 3.45. The van der Waals surface area contributed by atoms with Crippen molar-refractivity contribution in [3.8, 4) is 0 Å². The van der Waals surface area contributed by atoms with Crippen molar-refractivity contribution in [1.29, 1.82) is 5.41 Å². The predicted octanol–water partition coefficient (Wildman–Crippen LogP) is 0.507. The summed E-state index contributed by atoms with van der Waals surface area (Å²) in [5.74, 6) is 0. The molecule has 3 heteroatoms. The van der Waals surface area contributed by atoms with Crippen LogP contribution in [-0.2, 0) is 0 Å². The molecule has 0 heterocycles. The Morgan fingerprint density at radius 3 is 2.40 bits per heavy atom. The number of hydrogen-bond donors (Lipinski definition) is 3. The van der Waals surface area contributed by atoms with Gasteiger partial charge in [-0.1, -0.05) is 6.58 Å². The lowest BCUT2D eigenvalue weighted by molar-refractivity contribution is 1.38. The van der Waals surface area contributed by atoms with Gasteiger partial charge in [0, 0.05) is 17.5 Å². The molecule has 0 aromatic heterocycles. The molecule has 0 aromatic carbocycles. The molecule has 0 amide bonds. The van der Waals surface area contributed by atoms with Crippen molar-refractivity contribution in [2.24, 2.45) is 11.5 Å². The molecule has 54 valence electrons. The van der Waals surface area contributed by atoms with Crippen LogP contribution in [0.15, 0.2) is 36.2 Å². The Morgan fingerprint density at radius 2 is 2.10 bits per heavy atom. The van der Waals surface area contributed by atoms with E-state index in [1.807, 2.05) is 0 Å². The average molecular weight is 137 g/mol. The van der Waals surface area contributed by atoms with Crippen LogP contribution in [0.3, 0.4) is 0 Å². The minimum atomic E-state index is 0.455. The fourth-order valence-corrected chi connectivity index (χ4v) is 0.449. The zero-order valence-corrected chi connectivity index (χ0v) is 5.67. The predicted molar refractivity (Wildman–Crippen MR) is 43.5 cm³/mol. The lowest BCUT2D eigenvalue weighted by atomic mass is 10.2. The summed E-state index contributed by atoms with van der Waals surface area (Å²) in [6, 6.07) is 0.